The van der Waals surface area contributed by atoms with E-state index in [1.807, 2.05) is 103 Å². The van der Waals surface area contributed by atoms with Gasteiger partial charge in [0.05, 0.1) is 41.0 Å². The number of hydrogen-bond acceptors (Lipinski definition) is 9. The van der Waals surface area contributed by atoms with E-state index in [0.717, 1.165) is 129 Å². The molecule has 0 saturated carbocycles. The summed E-state index contributed by atoms with van der Waals surface area (Å²) in [6.45, 7) is 45.0. The largest absolute Gasteiger partial charge is 0.501 e. The molecule has 3 radical (unpaired) electrons. The fourth-order valence-electron chi connectivity index (χ4n) is 18.9. The Morgan fingerprint density at radius 1 is 0.313 bits per heavy atom. The molecule has 0 amide bonds. The van der Waals surface area contributed by atoms with Crippen LogP contribution in [0.4, 0.5) is 8.78 Å². The van der Waals surface area contributed by atoms with Crippen LogP contribution >= 0.6 is 0 Å². The smallest absolute Gasteiger partial charge is 0.125 e. The molecule has 763 valence electrons. The van der Waals surface area contributed by atoms with Crippen molar-refractivity contribution in [1.29, 1.82) is 0 Å². The zero-order chi connectivity index (χ0) is 104. The number of nitrogens with zero attached hydrogens (tertiary/aromatic N) is 6. The Labute approximate surface area is 926 Å². The van der Waals surface area contributed by atoms with Crippen LogP contribution in [0, 0.1) is 67.3 Å². The van der Waals surface area contributed by atoms with Crippen LogP contribution in [-0.2, 0) is 83.0 Å². The molecular formula is C133H124F2Ir3N6O3Si3-6. The molecule has 0 fully saturated rings. The molecule has 0 N–H and O–H groups in total. The minimum atomic E-state index is -1.49. The summed E-state index contributed by atoms with van der Waals surface area (Å²) in [5.41, 5.74) is 28.4. The topological polar surface area (TPSA) is 117 Å². The van der Waals surface area contributed by atoms with Crippen LogP contribution in [0.1, 0.15) is 112 Å². The van der Waals surface area contributed by atoms with Crippen molar-refractivity contribution in [2.75, 3.05) is 0 Å². The Bertz CT molecular complexity index is 8310. The van der Waals surface area contributed by atoms with Gasteiger partial charge in [0.15, 0.2) is 0 Å². The molecule has 0 aliphatic rings. The summed E-state index contributed by atoms with van der Waals surface area (Å²) in [6.07, 6.45) is 12.4. The van der Waals surface area contributed by atoms with Crippen molar-refractivity contribution >= 4 is 106 Å². The molecule has 0 spiro atoms. The van der Waals surface area contributed by atoms with E-state index >= 15 is 0 Å². The van der Waals surface area contributed by atoms with Crippen molar-refractivity contribution in [3.05, 3.63) is 475 Å². The predicted molar refractivity (Wildman–Crippen MR) is 616 cm³/mol. The maximum absolute atomic E-state index is 14.4. The van der Waals surface area contributed by atoms with Crippen LogP contribution in [0.15, 0.2) is 390 Å². The van der Waals surface area contributed by atoms with Gasteiger partial charge in [0.25, 0.3) is 0 Å². The second kappa shape index (κ2) is 47.9. The molecule has 13 aromatic carbocycles. The minimum absolute atomic E-state index is 0. The molecule has 9 aromatic heterocycles. The van der Waals surface area contributed by atoms with E-state index in [1.165, 1.54) is 83.3 Å². The van der Waals surface area contributed by atoms with Crippen molar-refractivity contribution in [3.8, 4) is 78.7 Å². The fourth-order valence-corrected chi connectivity index (χ4v) is 23.0. The number of halogens is 2. The minimum Gasteiger partial charge on any atom is -0.501 e. The van der Waals surface area contributed by atoms with E-state index < -0.39 is 24.2 Å². The van der Waals surface area contributed by atoms with Gasteiger partial charge in [0, 0.05) is 142 Å². The first-order valence-electron chi connectivity index (χ1n) is 50.2. The predicted octanol–water partition coefficient (Wildman–Crippen LogP) is 33.7. The van der Waals surface area contributed by atoms with Crippen molar-refractivity contribution in [2.45, 2.75) is 158 Å². The first kappa shape index (κ1) is 112. The van der Waals surface area contributed by atoms with E-state index in [4.69, 9.17) is 18.2 Å². The molecular weight excluding hydrogens is 2430 g/mol. The number of pyridine rings is 6. The molecule has 0 bridgehead atoms. The molecule has 150 heavy (non-hydrogen) atoms. The SMILES string of the molecule is CC(C)(c1ccccc1)c1c[c-]c(-c2ccccn2)c2oc3ccccc3c12.CC(C)(c1ccccc1)c1ccc2oc3c(-c4ccccn4)[c-]ccc3c2c1.CC(C)(c1ccccc1)c1cccc2c1oc1c(-c3ccccn3)[c-]ccc12.C[Si](C)(C)c1ccc(-c2[c-]cc(F)cc2)nc1.Cc1c[c-]c(-c2cc(-c3ccccc3)c([Si](C)(C)C)cn2)cc1.Cc1cc[c-]c(-c2cc(CC(C)(C)C)c([Si](C)(C)C)cn2)c1F.[Ir].[Ir].[Ir]. The van der Waals surface area contributed by atoms with Crippen LogP contribution in [0.5, 0.6) is 0 Å². The van der Waals surface area contributed by atoms with Crippen LogP contribution < -0.4 is 15.6 Å². The molecule has 0 unspecified atom stereocenters. The van der Waals surface area contributed by atoms with Gasteiger partial charge < -0.3 is 43.2 Å². The van der Waals surface area contributed by atoms with Crippen molar-refractivity contribution in [1.82, 2.24) is 29.9 Å². The first-order chi connectivity index (χ1) is 70.4. The van der Waals surface area contributed by atoms with Gasteiger partial charge >= 0.3 is 0 Å². The van der Waals surface area contributed by atoms with Gasteiger partial charge in [-0.1, -0.05) is 409 Å². The molecule has 0 aliphatic carbocycles. The molecule has 17 heteroatoms. The van der Waals surface area contributed by atoms with E-state index in [1.54, 1.807) is 43.7 Å². The zero-order valence-electron chi connectivity index (χ0n) is 88.7. The van der Waals surface area contributed by atoms with Gasteiger partial charge in [0.2, 0.25) is 0 Å². The Hall–Kier alpha value is -13.4. The van der Waals surface area contributed by atoms with E-state index in [0.29, 0.717) is 16.8 Å². The zero-order valence-corrected chi connectivity index (χ0v) is 98.9. The number of benzene rings is 13. The maximum atomic E-state index is 14.4. The van der Waals surface area contributed by atoms with Gasteiger partial charge in [-0.3, -0.25) is 8.78 Å². The van der Waals surface area contributed by atoms with E-state index in [2.05, 4.69) is 414 Å². The van der Waals surface area contributed by atoms with Crippen molar-refractivity contribution in [2.24, 2.45) is 5.41 Å². The summed E-state index contributed by atoms with van der Waals surface area (Å²) < 4.78 is 46.3. The Morgan fingerprint density at radius 2 is 0.787 bits per heavy atom. The summed E-state index contributed by atoms with van der Waals surface area (Å²) in [7, 11) is -4.26. The standard InChI is InChI=1S/3C26H20NO.C21H22NSi.C20H27FNSi.C14H15FNSi.3Ir/c1-26(2,18-10-4-3-5-11-18)22-15-9-13-20-19-12-8-14-21(24(19)28-25(20)22)23-16-6-7-17-27-23;1-26(2,18-10-4-3-5-11-18)21-16-15-19(22-13-8-9-17-27-22)25-24(21)20-12-6-7-14-23(20)28-25;1-26(2,18-9-4-3-5-10-18)19-14-15-24-22(17-19)20-11-8-12-21(25(20)28-24)23-13-6-7-16-27-23;1-16-10-12-18(13-11-16)20-14-19(17-8-6-5-7-9-17)21(15-22-20)23(2,3)4;1-14-9-8-10-16(19(14)21)17-11-15(12-20(2,3)4)18(13-22-17)23(5,6)7;1-17(2,3)13-8-9-14(16-10-13)11-4-6-12(15)7-5-11;;;/h3-13,15-17H,1-2H3;3-14,16-17H,1-2H3;3-11,13-17H,1-2H3;5-12,14-15H,1-4H3;8-9,11,13H,12H2,1-7H3;4,6-10H,1-3H3;;;/q6*-1;;;. The molecule has 9 nitrogen and oxygen atoms in total. The average Bonchev–Trinajstić information content (AvgIpc) is 1.64. The quantitative estimate of drug-likeness (QED) is 0.0649. The summed E-state index contributed by atoms with van der Waals surface area (Å²) in [5.74, 6) is -0.491. The Kier molecular flexibility index (Phi) is 35.8. The second-order valence-corrected chi connectivity index (χ2v) is 58.6. The normalized spacial score (nSPS) is 11.7. The number of hydrogen-bond donors (Lipinski definition) is 0. The number of furan rings is 3. The van der Waals surface area contributed by atoms with Gasteiger partial charge in [-0.05, 0) is 137 Å². The van der Waals surface area contributed by atoms with Gasteiger partial charge in [-0.25, -0.2) is 0 Å². The summed E-state index contributed by atoms with van der Waals surface area (Å²) >= 11 is 0. The number of rotatable bonds is 17. The van der Waals surface area contributed by atoms with E-state index in [-0.39, 0.29) is 93.6 Å². The molecule has 0 atom stereocenters. The Morgan fingerprint density at radius 3 is 1.33 bits per heavy atom. The second-order valence-electron chi connectivity index (χ2n) is 43.5. The molecule has 22 aromatic rings. The van der Waals surface area contributed by atoms with Gasteiger partial charge in [0.1, 0.15) is 16.7 Å². The maximum Gasteiger partial charge on any atom is 0.125 e. The Balaban J connectivity index is 0.000000142. The van der Waals surface area contributed by atoms with Crippen LogP contribution in [0.2, 0.25) is 58.9 Å². The fraction of sp³-hybridized carbons (Fsp3) is 0.188. The number of fused-ring (bicyclic) bond motifs is 9. The third kappa shape index (κ3) is 25.6. The molecule has 0 saturated heterocycles. The van der Waals surface area contributed by atoms with Gasteiger partial charge in [-0.2, -0.15) is 0 Å². The van der Waals surface area contributed by atoms with Crippen LogP contribution in [0.3, 0.4) is 0 Å². The van der Waals surface area contributed by atoms with Crippen LogP contribution in [-0.4, -0.2) is 54.1 Å². The third-order valence-electron chi connectivity index (χ3n) is 27.3. The third-order valence-corrected chi connectivity index (χ3v) is 33.4. The van der Waals surface area contributed by atoms with Crippen LogP contribution in [0.25, 0.3) is 144 Å². The molecule has 22 rings (SSSR count). The number of para-hydroxylation sites is 2. The van der Waals surface area contributed by atoms with Crippen molar-refractivity contribution in [3.63, 3.8) is 0 Å². The summed E-state index contributed by atoms with van der Waals surface area (Å²) in [6, 6.07) is 133. The number of aromatic nitrogens is 6. The summed E-state index contributed by atoms with van der Waals surface area (Å²) in [5, 5.41) is 10.8. The monoisotopic (exact) mass is 2550 g/mol. The first-order valence-corrected chi connectivity index (χ1v) is 60.7. The van der Waals surface area contributed by atoms with E-state index in [9.17, 15) is 8.78 Å². The van der Waals surface area contributed by atoms with Gasteiger partial charge in [-0.15, -0.1) is 138 Å². The molecule has 9 heterocycles. The van der Waals surface area contributed by atoms with Crippen molar-refractivity contribution < 1.29 is 82.3 Å². The number of aryl methyl sites for hydroxylation is 2. The summed E-state index contributed by atoms with van der Waals surface area (Å²) in [4.78, 5) is 27.2. The average molecular weight is 2550 g/mol. The molecule has 0 aliphatic heterocycles.